The number of nitrogens with two attached hydrogens (primary N) is 1. The SMILES string of the molecule is Nc1snnc1C(=O)Oc1ccc(Br)cc1. The quantitative estimate of drug-likeness (QED) is 0.679. The van der Waals surface area contributed by atoms with Gasteiger partial charge < -0.3 is 10.5 Å². The monoisotopic (exact) mass is 299 g/mol. The molecule has 0 amide bonds. The number of ether oxygens (including phenoxy) is 1. The second kappa shape index (κ2) is 4.58. The van der Waals surface area contributed by atoms with E-state index in [0.717, 1.165) is 16.0 Å². The minimum Gasteiger partial charge on any atom is -0.422 e. The van der Waals surface area contributed by atoms with Crippen LogP contribution in [0.1, 0.15) is 10.5 Å². The Labute approximate surface area is 104 Å². The average Bonchev–Trinajstić information content (AvgIpc) is 2.68. The molecule has 0 atom stereocenters. The van der Waals surface area contributed by atoms with E-state index < -0.39 is 5.97 Å². The maximum Gasteiger partial charge on any atom is 0.367 e. The zero-order chi connectivity index (χ0) is 11.5. The number of hydrogen-bond donors (Lipinski definition) is 1. The fourth-order valence-electron chi connectivity index (χ4n) is 0.997. The van der Waals surface area contributed by atoms with Crippen molar-refractivity contribution in [1.29, 1.82) is 0 Å². The van der Waals surface area contributed by atoms with Gasteiger partial charge in [-0.3, -0.25) is 0 Å². The van der Waals surface area contributed by atoms with Crippen LogP contribution in [0.15, 0.2) is 28.7 Å². The molecule has 0 fully saturated rings. The highest BCUT2D eigenvalue weighted by Gasteiger charge is 2.16. The Bertz CT molecular complexity index is 512. The molecule has 0 radical (unpaired) electrons. The van der Waals surface area contributed by atoms with Gasteiger partial charge in [-0.2, -0.15) is 0 Å². The van der Waals surface area contributed by atoms with Gasteiger partial charge in [0.1, 0.15) is 10.8 Å². The molecule has 1 aromatic carbocycles. The summed E-state index contributed by atoms with van der Waals surface area (Å²) in [7, 11) is 0. The molecule has 5 nitrogen and oxygen atoms in total. The average molecular weight is 300 g/mol. The van der Waals surface area contributed by atoms with Gasteiger partial charge in [-0.25, -0.2) is 4.79 Å². The Morgan fingerprint density at radius 3 is 2.62 bits per heavy atom. The summed E-state index contributed by atoms with van der Waals surface area (Å²) >= 11 is 4.23. The van der Waals surface area contributed by atoms with E-state index in [2.05, 4.69) is 25.5 Å². The van der Waals surface area contributed by atoms with E-state index in [1.54, 1.807) is 24.3 Å². The maximum absolute atomic E-state index is 11.6. The van der Waals surface area contributed by atoms with Crippen LogP contribution >= 0.6 is 27.5 Å². The lowest BCUT2D eigenvalue weighted by atomic mass is 10.3. The van der Waals surface area contributed by atoms with Gasteiger partial charge in [-0.15, -0.1) is 5.10 Å². The number of nitrogen functional groups attached to an aromatic ring is 1. The molecule has 0 saturated heterocycles. The van der Waals surface area contributed by atoms with E-state index in [0.29, 0.717) is 5.75 Å². The molecule has 0 aliphatic rings. The van der Waals surface area contributed by atoms with Gasteiger partial charge in [-0.05, 0) is 24.3 Å². The molecule has 0 bridgehead atoms. The minimum absolute atomic E-state index is 0.0490. The van der Waals surface area contributed by atoms with Crippen LogP contribution in [-0.4, -0.2) is 15.6 Å². The van der Waals surface area contributed by atoms with Crippen LogP contribution in [0.4, 0.5) is 5.00 Å². The number of halogens is 1. The van der Waals surface area contributed by atoms with Gasteiger partial charge in [0.25, 0.3) is 0 Å². The Morgan fingerprint density at radius 2 is 2.06 bits per heavy atom. The second-order valence-electron chi connectivity index (χ2n) is 2.83. The predicted octanol–water partition coefficient (Wildman–Crippen LogP) is 2.10. The van der Waals surface area contributed by atoms with Crippen LogP contribution in [0.5, 0.6) is 5.75 Å². The molecule has 0 saturated carbocycles. The van der Waals surface area contributed by atoms with Crippen molar-refractivity contribution in [2.24, 2.45) is 0 Å². The molecule has 0 aliphatic carbocycles. The molecule has 0 aliphatic heterocycles. The second-order valence-corrected chi connectivity index (χ2v) is 4.53. The van der Waals surface area contributed by atoms with Crippen molar-refractivity contribution in [3.8, 4) is 5.75 Å². The number of nitrogens with zero attached hydrogens (tertiary/aromatic N) is 2. The van der Waals surface area contributed by atoms with E-state index in [4.69, 9.17) is 10.5 Å². The Hall–Kier alpha value is -1.47. The zero-order valence-corrected chi connectivity index (χ0v) is 10.3. The summed E-state index contributed by atoms with van der Waals surface area (Å²) in [6.07, 6.45) is 0. The van der Waals surface area contributed by atoms with Crippen LogP contribution in [0.3, 0.4) is 0 Å². The summed E-state index contributed by atoms with van der Waals surface area (Å²) in [6.45, 7) is 0. The van der Waals surface area contributed by atoms with Gasteiger partial charge in [-0.1, -0.05) is 20.4 Å². The van der Waals surface area contributed by atoms with Crippen LogP contribution in [0.25, 0.3) is 0 Å². The first kappa shape index (κ1) is 11.0. The predicted molar refractivity (Wildman–Crippen MR) is 63.4 cm³/mol. The normalized spacial score (nSPS) is 10.1. The number of anilines is 1. The fourth-order valence-corrected chi connectivity index (χ4v) is 1.68. The van der Waals surface area contributed by atoms with Crippen LogP contribution in [-0.2, 0) is 0 Å². The largest absolute Gasteiger partial charge is 0.422 e. The number of esters is 1. The van der Waals surface area contributed by atoms with Crippen molar-refractivity contribution in [3.05, 3.63) is 34.4 Å². The molecule has 2 rings (SSSR count). The molecule has 2 N–H and O–H groups in total. The lowest BCUT2D eigenvalue weighted by Gasteiger charge is -2.01. The molecule has 0 unspecified atom stereocenters. The van der Waals surface area contributed by atoms with E-state index in [1.807, 2.05) is 0 Å². The molecular formula is C9H6BrN3O2S. The highest BCUT2D eigenvalue weighted by Crippen LogP contribution is 2.19. The Morgan fingerprint density at radius 1 is 1.38 bits per heavy atom. The number of carbonyl (C=O) groups is 1. The molecule has 1 aromatic heterocycles. The number of rotatable bonds is 2. The van der Waals surface area contributed by atoms with Crippen molar-refractivity contribution >= 4 is 38.4 Å². The van der Waals surface area contributed by atoms with Crippen molar-refractivity contribution in [3.63, 3.8) is 0 Å². The molecule has 0 spiro atoms. The summed E-state index contributed by atoms with van der Waals surface area (Å²) in [5.74, 6) is -0.172. The molecule has 1 heterocycles. The smallest absolute Gasteiger partial charge is 0.367 e. The van der Waals surface area contributed by atoms with Crippen LogP contribution < -0.4 is 10.5 Å². The third kappa shape index (κ3) is 2.37. The topological polar surface area (TPSA) is 78.1 Å². The fraction of sp³-hybridized carbons (Fsp3) is 0. The summed E-state index contributed by atoms with van der Waals surface area (Å²) < 4.78 is 9.52. The molecule has 7 heteroatoms. The first-order chi connectivity index (χ1) is 7.66. The minimum atomic E-state index is -0.603. The lowest BCUT2D eigenvalue weighted by molar-refractivity contribution is 0.0729. The molecule has 16 heavy (non-hydrogen) atoms. The third-order valence-electron chi connectivity index (χ3n) is 1.73. The zero-order valence-electron chi connectivity index (χ0n) is 7.88. The molecule has 82 valence electrons. The Kier molecular flexibility index (Phi) is 3.16. The van der Waals surface area contributed by atoms with E-state index in [-0.39, 0.29) is 10.7 Å². The maximum atomic E-state index is 11.6. The van der Waals surface area contributed by atoms with Crippen LogP contribution in [0, 0.1) is 0 Å². The number of benzene rings is 1. The molecular weight excluding hydrogens is 294 g/mol. The van der Waals surface area contributed by atoms with Gasteiger partial charge in [0.05, 0.1) is 0 Å². The Balaban J connectivity index is 2.14. The standard InChI is InChI=1S/C9H6BrN3O2S/c10-5-1-3-6(4-2-5)15-9(14)7-8(11)16-13-12-7/h1-4H,11H2. The first-order valence-corrected chi connectivity index (χ1v) is 5.79. The van der Waals surface area contributed by atoms with Crippen molar-refractivity contribution < 1.29 is 9.53 Å². The van der Waals surface area contributed by atoms with E-state index in [9.17, 15) is 4.79 Å². The van der Waals surface area contributed by atoms with Gasteiger partial charge in [0.2, 0.25) is 5.69 Å². The highest BCUT2D eigenvalue weighted by molar-refractivity contribution is 9.10. The van der Waals surface area contributed by atoms with E-state index in [1.165, 1.54) is 0 Å². The van der Waals surface area contributed by atoms with Crippen molar-refractivity contribution in [1.82, 2.24) is 9.59 Å². The summed E-state index contributed by atoms with van der Waals surface area (Å²) in [5.41, 5.74) is 5.55. The van der Waals surface area contributed by atoms with Crippen LogP contribution in [0.2, 0.25) is 0 Å². The summed E-state index contributed by atoms with van der Waals surface area (Å²) in [4.78, 5) is 11.6. The first-order valence-electron chi connectivity index (χ1n) is 4.22. The van der Waals surface area contributed by atoms with Gasteiger partial charge in [0.15, 0.2) is 0 Å². The highest BCUT2D eigenvalue weighted by atomic mass is 79.9. The summed E-state index contributed by atoms with van der Waals surface area (Å²) in [6, 6.07) is 6.87. The van der Waals surface area contributed by atoms with Gasteiger partial charge in [0, 0.05) is 16.0 Å². The third-order valence-corrected chi connectivity index (χ3v) is 2.81. The lowest BCUT2D eigenvalue weighted by Crippen LogP contribution is -2.10. The number of hydrogen-bond acceptors (Lipinski definition) is 6. The van der Waals surface area contributed by atoms with Crippen molar-refractivity contribution in [2.75, 3.05) is 5.73 Å². The van der Waals surface area contributed by atoms with E-state index >= 15 is 0 Å². The molecule has 2 aromatic rings. The van der Waals surface area contributed by atoms with Gasteiger partial charge >= 0.3 is 5.97 Å². The van der Waals surface area contributed by atoms with Crippen molar-refractivity contribution in [2.45, 2.75) is 0 Å². The number of carbonyl (C=O) groups excluding carboxylic acids is 1. The number of aromatic nitrogens is 2. The summed E-state index contributed by atoms with van der Waals surface area (Å²) in [5, 5.41) is 3.84.